The van der Waals surface area contributed by atoms with Crippen LogP contribution in [-0.2, 0) is 0 Å². The molecule has 0 aromatic heterocycles. The summed E-state index contributed by atoms with van der Waals surface area (Å²) in [5.41, 5.74) is 8.86. The SMILES string of the molecule is Cc1cc([NH+]=O)cc(C)c1N. The van der Waals surface area contributed by atoms with Crippen molar-refractivity contribution >= 4 is 11.4 Å². The molecule has 0 spiro atoms. The van der Waals surface area contributed by atoms with E-state index >= 15 is 0 Å². The lowest BCUT2D eigenvalue weighted by Gasteiger charge is -2.00. The molecular weight excluding hydrogens is 140 g/mol. The van der Waals surface area contributed by atoms with Crippen LogP contribution in [0.2, 0.25) is 0 Å². The molecule has 3 heteroatoms. The number of hydrogen-bond acceptors (Lipinski definition) is 2. The van der Waals surface area contributed by atoms with Gasteiger partial charge in [0.15, 0.2) is 0 Å². The lowest BCUT2D eigenvalue weighted by Crippen LogP contribution is -2.55. The van der Waals surface area contributed by atoms with E-state index in [0.717, 1.165) is 16.8 Å². The molecule has 0 radical (unpaired) electrons. The summed E-state index contributed by atoms with van der Waals surface area (Å²) < 4.78 is 0. The summed E-state index contributed by atoms with van der Waals surface area (Å²) >= 11 is 0. The first-order valence-electron chi connectivity index (χ1n) is 3.40. The summed E-state index contributed by atoms with van der Waals surface area (Å²) in [6.07, 6.45) is 0. The van der Waals surface area contributed by atoms with Gasteiger partial charge in [-0.1, -0.05) is 0 Å². The maximum absolute atomic E-state index is 10.3. The van der Waals surface area contributed by atoms with Gasteiger partial charge in [-0.25, -0.2) is 0 Å². The third-order valence-corrected chi connectivity index (χ3v) is 1.71. The van der Waals surface area contributed by atoms with E-state index in [2.05, 4.69) is 0 Å². The first-order chi connectivity index (χ1) is 5.15. The number of benzene rings is 1. The van der Waals surface area contributed by atoms with Crippen LogP contribution in [0, 0.1) is 18.8 Å². The van der Waals surface area contributed by atoms with Gasteiger partial charge < -0.3 is 5.73 Å². The maximum Gasteiger partial charge on any atom is 0.254 e. The van der Waals surface area contributed by atoms with E-state index in [4.69, 9.17) is 5.73 Å². The lowest BCUT2D eigenvalue weighted by molar-refractivity contribution is -0.379. The summed E-state index contributed by atoms with van der Waals surface area (Å²) in [4.78, 5) is 10.3. The lowest BCUT2D eigenvalue weighted by atomic mass is 10.1. The zero-order valence-corrected chi connectivity index (χ0v) is 6.64. The van der Waals surface area contributed by atoms with E-state index in [1.54, 1.807) is 12.1 Å². The van der Waals surface area contributed by atoms with Crippen LogP contribution < -0.4 is 10.9 Å². The van der Waals surface area contributed by atoms with Crippen molar-refractivity contribution in [3.63, 3.8) is 0 Å². The van der Waals surface area contributed by atoms with Gasteiger partial charge in [0.2, 0.25) is 0 Å². The Hall–Kier alpha value is -1.38. The molecule has 0 fully saturated rings. The van der Waals surface area contributed by atoms with Crippen molar-refractivity contribution < 1.29 is 5.18 Å². The highest BCUT2D eigenvalue weighted by Crippen LogP contribution is 2.18. The number of anilines is 1. The molecule has 11 heavy (non-hydrogen) atoms. The Morgan fingerprint density at radius 3 is 2.09 bits per heavy atom. The summed E-state index contributed by atoms with van der Waals surface area (Å²) in [5.74, 6) is 0. The van der Waals surface area contributed by atoms with Crippen molar-refractivity contribution in [2.45, 2.75) is 13.8 Å². The highest BCUT2D eigenvalue weighted by molar-refractivity contribution is 5.57. The first kappa shape index (κ1) is 7.72. The number of nitrogens with two attached hydrogens (primary N) is 1. The van der Waals surface area contributed by atoms with Gasteiger partial charge in [-0.3, -0.25) is 0 Å². The normalized spacial score (nSPS) is 9.64. The highest BCUT2D eigenvalue weighted by atomic mass is 16.3. The molecule has 58 valence electrons. The summed E-state index contributed by atoms with van der Waals surface area (Å²) in [6, 6.07) is 3.46. The minimum absolute atomic E-state index is 0.564. The Labute approximate surface area is 65.2 Å². The predicted octanol–water partition coefficient (Wildman–Crippen LogP) is 0.364. The summed E-state index contributed by atoms with van der Waals surface area (Å²) in [6.45, 7) is 3.76. The second kappa shape index (κ2) is 2.70. The maximum atomic E-state index is 10.3. The molecule has 0 aliphatic carbocycles. The quantitative estimate of drug-likeness (QED) is 0.569. The molecule has 0 saturated heterocycles. The van der Waals surface area contributed by atoms with Crippen molar-refractivity contribution in [1.82, 2.24) is 0 Å². The van der Waals surface area contributed by atoms with Crippen molar-refractivity contribution in [2.24, 2.45) is 0 Å². The molecule has 1 aromatic rings. The molecular formula is C8H11N2O+. The van der Waals surface area contributed by atoms with Crippen molar-refractivity contribution in [1.29, 1.82) is 0 Å². The fraction of sp³-hybridized carbons (Fsp3) is 0.250. The molecule has 1 aromatic carbocycles. The molecule has 0 unspecified atom stereocenters. The zero-order chi connectivity index (χ0) is 8.43. The van der Waals surface area contributed by atoms with Gasteiger partial charge in [0.25, 0.3) is 5.69 Å². The summed E-state index contributed by atoms with van der Waals surface area (Å²) in [7, 11) is 0. The van der Waals surface area contributed by atoms with Gasteiger partial charge in [0, 0.05) is 27.9 Å². The Bertz CT molecular complexity index is 271. The highest BCUT2D eigenvalue weighted by Gasteiger charge is 2.04. The number of hydrogen-bond donors (Lipinski definition) is 2. The van der Waals surface area contributed by atoms with Crippen LogP contribution in [0.4, 0.5) is 11.4 Å². The molecule has 0 bridgehead atoms. The standard InChI is InChI=1S/C8H10N2O/c1-5-3-7(10-11)4-6(2)8(5)9/h3-4H,9H2,1-2H3/p+1. The van der Waals surface area contributed by atoms with Crippen molar-refractivity contribution in [3.05, 3.63) is 28.2 Å². The topological polar surface area (TPSA) is 57.1 Å². The minimum Gasteiger partial charge on any atom is -0.398 e. The fourth-order valence-electron chi connectivity index (χ4n) is 1.03. The van der Waals surface area contributed by atoms with Gasteiger partial charge >= 0.3 is 0 Å². The first-order valence-corrected chi connectivity index (χ1v) is 3.40. The molecule has 0 saturated carbocycles. The third-order valence-electron chi connectivity index (χ3n) is 1.71. The Kier molecular flexibility index (Phi) is 1.89. The van der Waals surface area contributed by atoms with Gasteiger partial charge in [-0.15, -0.1) is 0 Å². The van der Waals surface area contributed by atoms with Crippen LogP contribution in [0.3, 0.4) is 0 Å². The summed E-state index contributed by atoms with van der Waals surface area (Å²) in [5, 5.41) is 1.83. The Morgan fingerprint density at radius 1 is 1.27 bits per heavy atom. The minimum atomic E-state index is 0.564. The predicted molar refractivity (Wildman–Crippen MR) is 44.3 cm³/mol. The van der Waals surface area contributed by atoms with Crippen LogP contribution in [0.5, 0.6) is 0 Å². The van der Waals surface area contributed by atoms with E-state index < -0.39 is 0 Å². The van der Waals surface area contributed by atoms with Crippen molar-refractivity contribution in [2.75, 3.05) is 5.73 Å². The van der Waals surface area contributed by atoms with E-state index in [0.29, 0.717) is 5.69 Å². The average Bonchev–Trinajstić information content (AvgIpc) is 1.99. The van der Waals surface area contributed by atoms with E-state index in [-0.39, 0.29) is 0 Å². The monoisotopic (exact) mass is 151 g/mol. The molecule has 0 amide bonds. The van der Waals surface area contributed by atoms with Crippen LogP contribution in [0.25, 0.3) is 0 Å². The van der Waals surface area contributed by atoms with Crippen molar-refractivity contribution in [3.8, 4) is 0 Å². The Balaban J connectivity index is 3.31. The Morgan fingerprint density at radius 2 is 1.73 bits per heavy atom. The molecule has 0 heterocycles. The largest absolute Gasteiger partial charge is 0.398 e. The smallest absolute Gasteiger partial charge is 0.254 e. The second-order valence-corrected chi connectivity index (χ2v) is 2.63. The van der Waals surface area contributed by atoms with Crippen LogP contribution >= 0.6 is 0 Å². The zero-order valence-electron chi connectivity index (χ0n) is 6.64. The van der Waals surface area contributed by atoms with Gasteiger partial charge in [-0.05, 0) is 25.0 Å². The van der Waals surface area contributed by atoms with Gasteiger partial charge in [0.1, 0.15) is 0 Å². The van der Waals surface area contributed by atoms with Crippen LogP contribution in [0.15, 0.2) is 12.1 Å². The van der Waals surface area contributed by atoms with Crippen LogP contribution in [-0.4, -0.2) is 0 Å². The van der Waals surface area contributed by atoms with E-state index in [1.807, 2.05) is 19.0 Å². The average molecular weight is 151 g/mol. The van der Waals surface area contributed by atoms with Gasteiger partial charge in [-0.2, -0.15) is 0 Å². The van der Waals surface area contributed by atoms with Crippen LogP contribution in [0.1, 0.15) is 11.1 Å². The van der Waals surface area contributed by atoms with E-state index in [1.165, 1.54) is 0 Å². The number of aryl methyl sites for hydroxylation is 2. The number of nitrogen functional groups attached to an aromatic ring is 1. The molecule has 3 nitrogen and oxygen atoms in total. The number of nitrogens with one attached hydrogen (secondary N) is 1. The second-order valence-electron chi connectivity index (χ2n) is 2.63. The molecule has 0 aliphatic heterocycles. The molecule has 0 atom stereocenters. The van der Waals surface area contributed by atoms with Gasteiger partial charge in [0.05, 0.1) is 0 Å². The third kappa shape index (κ3) is 1.37. The van der Waals surface area contributed by atoms with E-state index in [9.17, 15) is 4.91 Å². The molecule has 0 aliphatic rings. The fourth-order valence-corrected chi connectivity index (χ4v) is 1.03. The molecule has 1 rings (SSSR count). The molecule has 3 N–H and O–H groups in total. The number of nitroso groups, excluding NO2 is 1. The number of rotatable bonds is 1.